The molecular formula is C16H28IN3O2. The lowest BCUT2D eigenvalue weighted by Crippen LogP contribution is -2.39. The van der Waals surface area contributed by atoms with Crippen molar-refractivity contribution >= 4 is 29.9 Å². The van der Waals surface area contributed by atoms with Gasteiger partial charge in [0.2, 0.25) is 0 Å². The number of benzene rings is 1. The van der Waals surface area contributed by atoms with Gasteiger partial charge in [0.15, 0.2) is 5.96 Å². The number of hydrogen-bond acceptors (Lipinski definition) is 3. The van der Waals surface area contributed by atoms with Crippen molar-refractivity contribution in [2.24, 2.45) is 4.99 Å². The van der Waals surface area contributed by atoms with Gasteiger partial charge in [-0.25, -0.2) is 0 Å². The van der Waals surface area contributed by atoms with Crippen LogP contribution in [0.1, 0.15) is 18.9 Å². The molecule has 0 amide bonds. The third-order valence-corrected chi connectivity index (χ3v) is 2.87. The Balaban J connectivity index is 0.00000441. The maximum atomic E-state index is 5.74. The Labute approximate surface area is 150 Å². The number of aliphatic imine (C=N–C) groups is 1. The van der Waals surface area contributed by atoms with Crippen LogP contribution in [0.25, 0.3) is 0 Å². The topological polar surface area (TPSA) is 54.9 Å². The first-order chi connectivity index (χ1) is 10.3. The number of nitrogens with one attached hydrogen (secondary N) is 2. The van der Waals surface area contributed by atoms with Gasteiger partial charge in [-0.2, -0.15) is 0 Å². The van der Waals surface area contributed by atoms with Crippen LogP contribution in [0.5, 0.6) is 5.75 Å². The van der Waals surface area contributed by atoms with Crippen LogP contribution in [0.15, 0.2) is 29.3 Å². The number of ether oxygens (including phenoxy) is 2. The minimum Gasteiger partial charge on any atom is -0.491 e. The summed E-state index contributed by atoms with van der Waals surface area (Å²) in [6.45, 7) is 7.74. The van der Waals surface area contributed by atoms with E-state index in [2.05, 4.69) is 22.5 Å². The highest BCUT2D eigenvalue weighted by molar-refractivity contribution is 14.0. The number of halogens is 1. The molecule has 0 saturated heterocycles. The van der Waals surface area contributed by atoms with Crippen LogP contribution in [0.2, 0.25) is 0 Å². The zero-order chi connectivity index (χ0) is 15.3. The minimum atomic E-state index is 0. The number of aryl methyl sites for hydroxylation is 1. The van der Waals surface area contributed by atoms with Crippen LogP contribution in [-0.2, 0) is 4.74 Å². The summed E-state index contributed by atoms with van der Waals surface area (Å²) in [6, 6.07) is 8.02. The molecule has 0 saturated carbocycles. The molecule has 0 unspecified atom stereocenters. The SMILES string of the molecule is CCNC(=NCCCOC)NCCOc1ccccc1C.I. The monoisotopic (exact) mass is 421 g/mol. The normalized spacial score (nSPS) is 10.8. The molecular weight excluding hydrogens is 393 g/mol. The van der Waals surface area contributed by atoms with E-state index in [0.29, 0.717) is 13.2 Å². The van der Waals surface area contributed by atoms with Crippen molar-refractivity contribution in [1.82, 2.24) is 10.6 Å². The molecule has 1 aromatic rings. The van der Waals surface area contributed by atoms with Crippen molar-refractivity contribution in [2.75, 3.05) is 40.0 Å². The van der Waals surface area contributed by atoms with E-state index in [9.17, 15) is 0 Å². The molecule has 1 rings (SSSR count). The maximum absolute atomic E-state index is 5.74. The molecule has 126 valence electrons. The summed E-state index contributed by atoms with van der Waals surface area (Å²) in [6.07, 6.45) is 0.923. The molecule has 0 radical (unpaired) electrons. The first-order valence-corrected chi connectivity index (χ1v) is 7.47. The van der Waals surface area contributed by atoms with Crippen LogP contribution in [0.3, 0.4) is 0 Å². The predicted molar refractivity (Wildman–Crippen MR) is 103 cm³/mol. The van der Waals surface area contributed by atoms with Gasteiger partial charge in [-0.15, -0.1) is 24.0 Å². The van der Waals surface area contributed by atoms with Gasteiger partial charge < -0.3 is 20.1 Å². The molecule has 0 spiro atoms. The van der Waals surface area contributed by atoms with Gasteiger partial charge in [-0.05, 0) is 31.9 Å². The molecule has 0 fully saturated rings. The number of guanidine groups is 1. The summed E-state index contributed by atoms with van der Waals surface area (Å²) in [4.78, 5) is 4.47. The molecule has 0 atom stereocenters. The summed E-state index contributed by atoms with van der Waals surface area (Å²) in [5.41, 5.74) is 1.15. The van der Waals surface area contributed by atoms with Crippen molar-refractivity contribution in [3.05, 3.63) is 29.8 Å². The second-order valence-electron chi connectivity index (χ2n) is 4.65. The average Bonchev–Trinajstić information content (AvgIpc) is 2.49. The van der Waals surface area contributed by atoms with Crippen molar-refractivity contribution in [1.29, 1.82) is 0 Å². The molecule has 0 bridgehead atoms. The molecule has 0 heterocycles. The zero-order valence-electron chi connectivity index (χ0n) is 13.7. The Bertz CT molecular complexity index is 428. The smallest absolute Gasteiger partial charge is 0.191 e. The number of hydrogen-bond donors (Lipinski definition) is 2. The van der Waals surface area contributed by atoms with Crippen LogP contribution in [0.4, 0.5) is 0 Å². The fraction of sp³-hybridized carbons (Fsp3) is 0.562. The standard InChI is InChI=1S/C16H27N3O2.HI/c1-4-17-16(18-10-7-12-20-3)19-11-13-21-15-9-6-5-8-14(15)2;/h5-6,8-9H,4,7,10-13H2,1-3H3,(H2,17,18,19);1H. The second kappa shape index (κ2) is 13.6. The number of methoxy groups -OCH3 is 1. The van der Waals surface area contributed by atoms with Crippen molar-refractivity contribution in [3.63, 3.8) is 0 Å². The van der Waals surface area contributed by atoms with Crippen LogP contribution in [-0.4, -0.2) is 45.9 Å². The van der Waals surface area contributed by atoms with E-state index in [1.165, 1.54) is 0 Å². The van der Waals surface area contributed by atoms with Crippen LogP contribution in [0, 0.1) is 6.92 Å². The van der Waals surface area contributed by atoms with E-state index >= 15 is 0 Å². The summed E-state index contributed by atoms with van der Waals surface area (Å²) in [5.74, 6) is 1.75. The largest absolute Gasteiger partial charge is 0.491 e. The summed E-state index contributed by atoms with van der Waals surface area (Å²) >= 11 is 0. The lowest BCUT2D eigenvalue weighted by Gasteiger charge is -2.13. The maximum Gasteiger partial charge on any atom is 0.191 e. The van der Waals surface area contributed by atoms with Crippen LogP contribution >= 0.6 is 24.0 Å². The van der Waals surface area contributed by atoms with E-state index in [4.69, 9.17) is 9.47 Å². The Morgan fingerprint density at radius 1 is 1.18 bits per heavy atom. The van der Waals surface area contributed by atoms with Crippen molar-refractivity contribution in [2.45, 2.75) is 20.3 Å². The number of nitrogens with zero attached hydrogens (tertiary/aromatic N) is 1. The van der Waals surface area contributed by atoms with Gasteiger partial charge >= 0.3 is 0 Å². The Morgan fingerprint density at radius 3 is 2.64 bits per heavy atom. The van der Waals surface area contributed by atoms with E-state index in [1.54, 1.807) is 7.11 Å². The fourth-order valence-electron chi connectivity index (χ4n) is 1.79. The Morgan fingerprint density at radius 2 is 1.95 bits per heavy atom. The van der Waals surface area contributed by atoms with E-state index in [1.807, 2.05) is 31.2 Å². The van der Waals surface area contributed by atoms with E-state index < -0.39 is 0 Å². The molecule has 1 aromatic carbocycles. The first-order valence-electron chi connectivity index (χ1n) is 7.47. The van der Waals surface area contributed by atoms with E-state index in [-0.39, 0.29) is 24.0 Å². The molecule has 2 N–H and O–H groups in total. The van der Waals surface area contributed by atoms with E-state index in [0.717, 1.165) is 43.4 Å². The average molecular weight is 421 g/mol. The lowest BCUT2D eigenvalue weighted by molar-refractivity contribution is 0.197. The molecule has 0 aliphatic rings. The van der Waals surface area contributed by atoms with Gasteiger partial charge in [-0.1, -0.05) is 18.2 Å². The van der Waals surface area contributed by atoms with Gasteiger partial charge in [0, 0.05) is 26.8 Å². The molecule has 0 aromatic heterocycles. The quantitative estimate of drug-likeness (QED) is 0.279. The zero-order valence-corrected chi connectivity index (χ0v) is 16.1. The number of para-hydroxylation sites is 1. The minimum absolute atomic E-state index is 0. The summed E-state index contributed by atoms with van der Waals surface area (Å²) in [5, 5.41) is 6.47. The fourth-order valence-corrected chi connectivity index (χ4v) is 1.79. The van der Waals surface area contributed by atoms with Crippen molar-refractivity contribution in [3.8, 4) is 5.75 Å². The van der Waals surface area contributed by atoms with Crippen LogP contribution < -0.4 is 15.4 Å². The number of rotatable bonds is 9. The van der Waals surface area contributed by atoms with Gasteiger partial charge in [0.05, 0.1) is 6.54 Å². The predicted octanol–water partition coefficient (Wildman–Crippen LogP) is 2.58. The third kappa shape index (κ3) is 9.09. The molecule has 22 heavy (non-hydrogen) atoms. The summed E-state index contributed by atoms with van der Waals surface area (Å²) < 4.78 is 10.8. The molecule has 5 nitrogen and oxygen atoms in total. The molecule has 0 aliphatic carbocycles. The summed E-state index contributed by atoms with van der Waals surface area (Å²) in [7, 11) is 1.70. The van der Waals surface area contributed by atoms with Gasteiger partial charge in [0.25, 0.3) is 0 Å². The van der Waals surface area contributed by atoms with Gasteiger partial charge in [0.1, 0.15) is 12.4 Å². The highest BCUT2D eigenvalue weighted by atomic mass is 127. The highest BCUT2D eigenvalue weighted by Gasteiger charge is 1.99. The third-order valence-electron chi connectivity index (χ3n) is 2.87. The lowest BCUT2D eigenvalue weighted by atomic mass is 10.2. The Kier molecular flexibility index (Phi) is 13.0. The van der Waals surface area contributed by atoms with Gasteiger partial charge in [-0.3, -0.25) is 4.99 Å². The highest BCUT2D eigenvalue weighted by Crippen LogP contribution is 2.15. The Hall–Kier alpha value is -1.02. The molecule has 6 heteroatoms. The van der Waals surface area contributed by atoms with Crippen molar-refractivity contribution < 1.29 is 9.47 Å². The first kappa shape index (κ1) is 21.0. The second-order valence-corrected chi connectivity index (χ2v) is 4.65. The molecule has 0 aliphatic heterocycles.